The Bertz CT molecular complexity index is 933. The number of nitrogens with two attached hydrogens (primary N) is 1. The molecule has 0 amide bonds. The number of thiazole rings is 1. The standard InChI is InChI=1S/C20H22N4O2S/c1-13-6-14(2)8-17(7-13)26-11-16-9-15(4-5-18(16)25-3)10-22-24-20-23-19(21)12-27-20/h4-10,12H,11,21H2,1-3H3,(H,23,24). The van der Waals surface area contributed by atoms with Gasteiger partial charge in [0.15, 0.2) is 0 Å². The van der Waals surface area contributed by atoms with E-state index in [1.807, 2.05) is 30.3 Å². The third kappa shape index (κ3) is 5.21. The van der Waals surface area contributed by atoms with Gasteiger partial charge >= 0.3 is 0 Å². The molecule has 0 bridgehead atoms. The second-order valence-electron chi connectivity index (χ2n) is 6.13. The molecule has 0 atom stereocenters. The lowest BCUT2D eigenvalue weighted by molar-refractivity contribution is 0.296. The molecule has 0 radical (unpaired) electrons. The molecule has 6 nitrogen and oxygen atoms in total. The fraction of sp³-hybridized carbons (Fsp3) is 0.200. The summed E-state index contributed by atoms with van der Waals surface area (Å²) in [7, 11) is 1.65. The van der Waals surface area contributed by atoms with Crippen molar-refractivity contribution in [3.05, 3.63) is 64.0 Å². The van der Waals surface area contributed by atoms with Crippen molar-refractivity contribution in [1.82, 2.24) is 4.98 Å². The second kappa shape index (κ2) is 8.55. The zero-order valence-corrected chi connectivity index (χ0v) is 16.3. The average Bonchev–Trinajstić information content (AvgIpc) is 3.04. The van der Waals surface area contributed by atoms with Crippen LogP contribution in [0.4, 0.5) is 10.9 Å². The van der Waals surface area contributed by atoms with Crippen LogP contribution in [0.1, 0.15) is 22.3 Å². The van der Waals surface area contributed by atoms with Crippen LogP contribution in [0.5, 0.6) is 11.5 Å². The summed E-state index contributed by atoms with van der Waals surface area (Å²) in [5, 5.41) is 6.61. The van der Waals surface area contributed by atoms with Gasteiger partial charge < -0.3 is 15.2 Å². The minimum atomic E-state index is 0.407. The predicted molar refractivity (Wildman–Crippen MR) is 111 cm³/mol. The molecule has 1 aromatic heterocycles. The van der Waals surface area contributed by atoms with Gasteiger partial charge in [-0.15, -0.1) is 11.3 Å². The molecule has 7 heteroatoms. The maximum absolute atomic E-state index is 5.97. The van der Waals surface area contributed by atoms with E-state index in [-0.39, 0.29) is 0 Å². The number of benzene rings is 2. The molecular formula is C20H22N4O2S. The molecule has 140 valence electrons. The van der Waals surface area contributed by atoms with E-state index in [0.29, 0.717) is 17.6 Å². The number of nitrogen functional groups attached to an aromatic ring is 1. The molecule has 0 aliphatic heterocycles. The first-order chi connectivity index (χ1) is 13.0. The van der Waals surface area contributed by atoms with E-state index in [1.165, 1.54) is 22.5 Å². The Hall–Kier alpha value is -3.06. The first-order valence-corrected chi connectivity index (χ1v) is 9.29. The van der Waals surface area contributed by atoms with Gasteiger partial charge in [-0.25, -0.2) is 4.98 Å². The Morgan fingerprint density at radius 1 is 1.19 bits per heavy atom. The van der Waals surface area contributed by atoms with Gasteiger partial charge in [-0.1, -0.05) is 6.07 Å². The Labute approximate surface area is 162 Å². The zero-order chi connectivity index (χ0) is 19.2. The third-order valence-electron chi connectivity index (χ3n) is 3.79. The van der Waals surface area contributed by atoms with Crippen LogP contribution in [0.2, 0.25) is 0 Å². The number of aryl methyl sites for hydroxylation is 2. The molecule has 0 aliphatic carbocycles. The molecule has 0 fully saturated rings. The molecular weight excluding hydrogens is 360 g/mol. The number of hydrogen-bond acceptors (Lipinski definition) is 7. The van der Waals surface area contributed by atoms with Crippen molar-refractivity contribution >= 4 is 28.5 Å². The van der Waals surface area contributed by atoms with E-state index < -0.39 is 0 Å². The molecule has 0 aliphatic rings. The Morgan fingerprint density at radius 2 is 1.96 bits per heavy atom. The normalized spacial score (nSPS) is 10.9. The van der Waals surface area contributed by atoms with Crippen LogP contribution >= 0.6 is 11.3 Å². The number of hydrazone groups is 1. The largest absolute Gasteiger partial charge is 0.496 e. The van der Waals surface area contributed by atoms with Gasteiger partial charge in [0, 0.05) is 10.9 Å². The highest BCUT2D eigenvalue weighted by Crippen LogP contribution is 2.23. The number of nitrogens with one attached hydrogen (secondary N) is 1. The van der Waals surface area contributed by atoms with E-state index >= 15 is 0 Å². The Kier molecular flexibility index (Phi) is 5.93. The van der Waals surface area contributed by atoms with Crippen molar-refractivity contribution in [2.24, 2.45) is 5.10 Å². The molecule has 3 rings (SSSR count). The second-order valence-corrected chi connectivity index (χ2v) is 6.99. The summed E-state index contributed by atoms with van der Waals surface area (Å²) in [5.41, 5.74) is 12.7. The van der Waals surface area contributed by atoms with Crippen LogP contribution in [-0.4, -0.2) is 18.3 Å². The summed E-state index contributed by atoms with van der Waals surface area (Å²) in [5.74, 6) is 2.10. The minimum absolute atomic E-state index is 0.407. The van der Waals surface area contributed by atoms with Crippen molar-refractivity contribution in [2.75, 3.05) is 18.3 Å². The Morgan fingerprint density at radius 3 is 2.63 bits per heavy atom. The molecule has 3 N–H and O–H groups in total. The van der Waals surface area contributed by atoms with Gasteiger partial charge in [0.1, 0.15) is 23.9 Å². The Balaban J connectivity index is 1.70. The smallest absolute Gasteiger partial charge is 0.205 e. The SMILES string of the molecule is COc1ccc(C=NNc2nc(N)cs2)cc1COc1cc(C)cc(C)c1. The van der Waals surface area contributed by atoms with Crippen molar-refractivity contribution in [3.8, 4) is 11.5 Å². The number of aromatic nitrogens is 1. The van der Waals surface area contributed by atoms with Crippen LogP contribution in [0, 0.1) is 13.8 Å². The first-order valence-electron chi connectivity index (χ1n) is 8.41. The van der Waals surface area contributed by atoms with Crippen molar-refractivity contribution in [1.29, 1.82) is 0 Å². The lowest BCUT2D eigenvalue weighted by atomic mass is 10.1. The molecule has 0 saturated heterocycles. The number of nitrogens with zero attached hydrogens (tertiary/aromatic N) is 2. The molecule has 0 spiro atoms. The fourth-order valence-electron chi connectivity index (χ4n) is 2.67. The maximum Gasteiger partial charge on any atom is 0.205 e. The summed E-state index contributed by atoms with van der Waals surface area (Å²) >= 11 is 1.40. The molecule has 0 saturated carbocycles. The monoisotopic (exact) mass is 382 g/mol. The van der Waals surface area contributed by atoms with Gasteiger partial charge in [-0.2, -0.15) is 5.10 Å². The first kappa shape index (κ1) is 18.7. The summed E-state index contributed by atoms with van der Waals surface area (Å²) in [6, 6.07) is 12.0. The molecule has 1 heterocycles. The van der Waals surface area contributed by atoms with Gasteiger partial charge in [0.2, 0.25) is 5.13 Å². The van der Waals surface area contributed by atoms with E-state index in [1.54, 1.807) is 18.7 Å². The summed E-state index contributed by atoms with van der Waals surface area (Å²) in [4.78, 5) is 4.10. The van der Waals surface area contributed by atoms with Crippen molar-refractivity contribution in [2.45, 2.75) is 20.5 Å². The number of hydrogen-bond donors (Lipinski definition) is 2. The van der Waals surface area contributed by atoms with Crippen LogP contribution in [-0.2, 0) is 6.61 Å². The number of rotatable bonds is 7. The van der Waals surface area contributed by atoms with Crippen LogP contribution < -0.4 is 20.6 Å². The quantitative estimate of drug-likeness (QED) is 0.468. The summed E-state index contributed by atoms with van der Waals surface area (Å²) in [6.45, 7) is 4.52. The number of ether oxygens (including phenoxy) is 2. The molecule has 27 heavy (non-hydrogen) atoms. The van der Waals surface area contributed by atoms with Crippen LogP contribution in [0.15, 0.2) is 46.9 Å². The highest BCUT2D eigenvalue weighted by atomic mass is 32.1. The predicted octanol–water partition coefficient (Wildman–Crippen LogP) is 4.38. The zero-order valence-electron chi connectivity index (χ0n) is 15.5. The fourth-order valence-corrected chi connectivity index (χ4v) is 3.22. The third-order valence-corrected chi connectivity index (χ3v) is 4.55. The highest BCUT2D eigenvalue weighted by Gasteiger charge is 2.06. The van der Waals surface area contributed by atoms with Gasteiger partial charge in [0.05, 0.1) is 13.3 Å². The van der Waals surface area contributed by atoms with E-state index in [2.05, 4.69) is 35.4 Å². The summed E-state index contributed by atoms with van der Waals surface area (Å²) in [6.07, 6.45) is 1.72. The maximum atomic E-state index is 5.97. The van der Waals surface area contributed by atoms with Crippen LogP contribution in [0.3, 0.4) is 0 Å². The van der Waals surface area contributed by atoms with Crippen LogP contribution in [0.25, 0.3) is 0 Å². The van der Waals surface area contributed by atoms with Crippen molar-refractivity contribution in [3.63, 3.8) is 0 Å². The molecule has 2 aromatic carbocycles. The molecule has 0 unspecified atom stereocenters. The lowest BCUT2D eigenvalue weighted by Crippen LogP contribution is -2.01. The van der Waals surface area contributed by atoms with E-state index in [0.717, 1.165) is 22.6 Å². The number of methoxy groups -OCH3 is 1. The minimum Gasteiger partial charge on any atom is -0.496 e. The van der Waals surface area contributed by atoms with Gasteiger partial charge in [-0.05, 0) is 60.9 Å². The van der Waals surface area contributed by atoms with Crippen molar-refractivity contribution < 1.29 is 9.47 Å². The van der Waals surface area contributed by atoms with Gasteiger partial charge in [-0.3, -0.25) is 5.43 Å². The topological polar surface area (TPSA) is 81.8 Å². The highest BCUT2D eigenvalue weighted by molar-refractivity contribution is 7.14. The van der Waals surface area contributed by atoms with Gasteiger partial charge in [0.25, 0.3) is 0 Å². The summed E-state index contributed by atoms with van der Waals surface area (Å²) < 4.78 is 11.4. The van der Waals surface area contributed by atoms with E-state index in [4.69, 9.17) is 15.2 Å². The van der Waals surface area contributed by atoms with E-state index in [9.17, 15) is 0 Å². The molecule has 3 aromatic rings. The lowest BCUT2D eigenvalue weighted by Gasteiger charge is -2.12. The average molecular weight is 382 g/mol. The number of anilines is 2.